The van der Waals surface area contributed by atoms with E-state index < -0.39 is 5.60 Å². The highest BCUT2D eigenvalue weighted by molar-refractivity contribution is 5.92. The molecular weight excluding hydrogens is 204 g/mol. The van der Waals surface area contributed by atoms with Crippen LogP contribution in [0.4, 0.5) is 11.4 Å². The molecule has 0 bridgehead atoms. The molecule has 1 aromatic rings. The van der Waals surface area contributed by atoms with E-state index in [2.05, 4.69) is 0 Å². The van der Waals surface area contributed by atoms with Gasteiger partial charge in [0.2, 0.25) is 0 Å². The average molecular weight is 222 g/mol. The number of carbonyl (C=O) groups is 1. The first-order chi connectivity index (χ1) is 7.20. The van der Waals surface area contributed by atoms with Crippen molar-refractivity contribution in [3.05, 3.63) is 23.3 Å². The molecule has 0 unspecified atom stereocenters. The minimum Gasteiger partial charge on any atom is -0.456 e. The van der Waals surface area contributed by atoms with Crippen LogP contribution < -0.4 is 11.5 Å². The van der Waals surface area contributed by atoms with Crippen molar-refractivity contribution in [3.63, 3.8) is 0 Å². The van der Waals surface area contributed by atoms with Gasteiger partial charge in [0.25, 0.3) is 0 Å². The highest BCUT2D eigenvalue weighted by atomic mass is 16.6. The van der Waals surface area contributed by atoms with Gasteiger partial charge >= 0.3 is 5.97 Å². The van der Waals surface area contributed by atoms with Crippen LogP contribution in [0.2, 0.25) is 0 Å². The molecule has 88 valence electrons. The predicted molar refractivity (Wildman–Crippen MR) is 65.2 cm³/mol. The summed E-state index contributed by atoms with van der Waals surface area (Å²) in [4.78, 5) is 11.8. The van der Waals surface area contributed by atoms with Crippen molar-refractivity contribution in [2.24, 2.45) is 0 Å². The van der Waals surface area contributed by atoms with Gasteiger partial charge in [0, 0.05) is 0 Å². The third-order valence-corrected chi connectivity index (χ3v) is 2.05. The fourth-order valence-corrected chi connectivity index (χ4v) is 1.28. The molecule has 4 heteroatoms. The Morgan fingerprint density at radius 3 is 2.25 bits per heavy atom. The standard InChI is InChI=1S/C12H18N2O2/c1-7-5-8(6-9(13)10(7)14)11(15)16-12(2,3)4/h5-6H,13-14H2,1-4H3. The summed E-state index contributed by atoms with van der Waals surface area (Å²) in [5, 5.41) is 0. The van der Waals surface area contributed by atoms with Gasteiger partial charge in [-0.3, -0.25) is 0 Å². The Labute approximate surface area is 95.6 Å². The van der Waals surface area contributed by atoms with E-state index in [4.69, 9.17) is 16.2 Å². The molecule has 0 heterocycles. The maximum atomic E-state index is 11.8. The summed E-state index contributed by atoms with van der Waals surface area (Å²) in [7, 11) is 0. The molecule has 16 heavy (non-hydrogen) atoms. The number of rotatable bonds is 1. The molecule has 0 aliphatic carbocycles. The lowest BCUT2D eigenvalue weighted by Crippen LogP contribution is -2.24. The Balaban J connectivity index is 3.02. The van der Waals surface area contributed by atoms with E-state index >= 15 is 0 Å². The number of esters is 1. The maximum Gasteiger partial charge on any atom is 0.338 e. The summed E-state index contributed by atoms with van der Waals surface area (Å²) in [5.41, 5.74) is 13.0. The molecule has 0 amide bonds. The molecule has 0 saturated carbocycles. The van der Waals surface area contributed by atoms with Gasteiger partial charge in [-0.2, -0.15) is 0 Å². The van der Waals surface area contributed by atoms with Crippen LogP contribution in [0, 0.1) is 6.92 Å². The van der Waals surface area contributed by atoms with Gasteiger partial charge in [0.1, 0.15) is 5.60 Å². The van der Waals surface area contributed by atoms with E-state index in [1.165, 1.54) is 6.07 Å². The molecule has 0 saturated heterocycles. The Hall–Kier alpha value is -1.71. The SMILES string of the molecule is Cc1cc(C(=O)OC(C)(C)C)cc(N)c1N. The smallest absolute Gasteiger partial charge is 0.338 e. The molecule has 4 N–H and O–H groups in total. The van der Waals surface area contributed by atoms with Crippen LogP contribution in [0.1, 0.15) is 36.7 Å². The zero-order chi connectivity index (χ0) is 12.5. The second-order valence-electron chi connectivity index (χ2n) is 4.80. The summed E-state index contributed by atoms with van der Waals surface area (Å²) < 4.78 is 5.24. The third-order valence-electron chi connectivity index (χ3n) is 2.05. The van der Waals surface area contributed by atoms with Gasteiger partial charge in [-0.15, -0.1) is 0 Å². The molecule has 0 fully saturated rings. The monoisotopic (exact) mass is 222 g/mol. The number of anilines is 2. The van der Waals surface area contributed by atoms with Gasteiger partial charge in [0.05, 0.1) is 16.9 Å². The Morgan fingerprint density at radius 1 is 1.25 bits per heavy atom. The van der Waals surface area contributed by atoms with Crippen LogP contribution in [-0.4, -0.2) is 11.6 Å². The molecule has 4 nitrogen and oxygen atoms in total. The fraction of sp³-hybridized carbons (Fsp3) is 0.417. The first-order valence-electron chi connectivity index (χ1n) is 5.09. The van der Waals surface area contributed by atoms with E-state index in [1.807, 2.05) is 20.8 Å². The first kappa shape index (κ1) is 12.4. The number of carbonyl (C=O) groups excluding carboxylic acids is 1. The molecule has 0 aromatic heterocycles. The largest absolute Gasteiger partial charge is 0.456 e. The van der Waals surface area contributed by atoms with Crippen molar-refractivity contribution in [1.82, 2.24) is 0 Å². The highest BCUT2D eigenvalue weighted by Crippen LogP contribution is 2.23. The van der Waals surface area contributed by atoms with Gasteiger partial charge in [0.15, 0.2) is 0 Å². The number of benzene rings is 1. The predicted octanol–water partition coefficient (Wildman–Crippen LogP) is 2.11. The number of hydrogen-bond acceptors (Lipinski definition) is 4. The topological polar surface area (TPSA) is 78.3 Å². The lowest BCUT2D eigenvalue weighted by molar-refractivity contribution is 0.00695. The Bertz CT molecular complexity index is 397. The Kier molecular flexibility index (Phi) is 3.12. The normalized spacial score (nSPS) is 11.2. The zero-order valence-electron chi connectivity index (χ0n) is 10.1. The average Bonchev–Trinajstić information content (AvgIpc) is 2.10. The summed E-state index contributed by atoms with van der Waals surface area (Å²) in [6, 6.07) is 3.22. The van der Waals surface area contributed by atoms with Crippen LogP contribution in [-0.2, 0) is 4.74 Å². The van der Waals surface area contributed by atoms with E-state index in [0.29, 0.717) is 16.9 Å². The van der Waals surface area contributed by atoms with Gasteiger partial charge in [-0.25, -0.2) is 4.79 Å². The highest BCUT2D eigenvalue weighted by Gasteiger charge is 2.18. The molecule has 1 rings (SSSR count). The number of ether oxygens (including phenoxy) is 1. The number of aryl methyl sites for hydroxylation is 1. The van der Waals surface area contributed by atoms with Crippen molar-refractivity contribution >= 4 is 17.3 Å². The number of nitrogens with two attached hydrogens (primary N) is 2. The molecule has 0 radical (unpaired) electrons. The molecule has 0 aliphatic heterocycles. The molecule has 0 atom stereocenters. The van der Waals surface area contributed by atoms with Crippen LogP contribution in [0.3, 0.4) is 0 Å². The van der Waals surface area contributed by atoms with Gasteiger partial charge in [-0.05, 0) is 45.4 Å². The van der Waals surface area contributed by atoms with Crippen LogP contribution in [0.15, 0.2) is 12.1 Å². The van der Waals surface area contributed by atoms with Crippen molar-refractivity contribution in [3.8, 4) is 0 Å². The van der Waals surface area contributed by atoms with E-state index in [1.54, 1.807) is 13.0 Å². The summed E-state index contributed by atoms with van der Waals surface area (Å²) in [6.07, 6.45) is 0. The van der Waals surface area contributed by atoms with Crippen LogP contribution >= 0.6 is 0 Å². The van der Waals surface area contributed by atoms with Gasteiger partial charge < -0.3 is 16.2 Å². The summed E-state index contributed by atoms with van der Waals surface area (Å²) in [6.45, 7) is 7.26. The van der Waals surface area contributed by atoms with E-state index in [-0.39, 0.29) is 5.97 Å². The minimum absolute atomic E-state index is 0.387. The molecule has 1 aromatic carbocycles. The van der Waals surface area contributed by atoms with Gasteiger partial charge in [-0.1, -0.05) is 0 Å². The van der Waals surface area contributed by atoms with Crippen molar-refractivity contribution in [1.29, 1.82) is 0 Å². The molecule has 0 spiro atoms. The fourth-order valence-electron chi connectivity index (χ4n) is 1.28. The lowest BCUT2D eigenvalue weighted by atomic mass is 10.1. The Morgan fingerprint density at radius 2 is 1.81 bits per heavy atom. The minimum atomic E-state index is -0.513. The quantitative estimate of drug-likeness (QED) is 0.563. The van der Waals surface area contributed by atoms with Crippen molar-refractivity contribution < 1.29 is 9.53 Å². The van der Waals surface area contributed by atoms with Crippen molar-refractivity contribution in [2.75, 3.05) is 11.5 Å². The number of hydrogen-bond donors (Lipinski definition) is 2. The van der Waals surface area contributed by atoms with E-state index in [0.717, 1.165) is 5.56 Å². The van der Waals surface area contributed by atoms with Crippen LogP contribution in [0.5, 0.6) is 0 Å². The van der Waals surface area contributed by atoms with E-state index in [9.17, 15) is 4.79 Å². The first-order valence-corrected chi connectivity index (χ1v) is 5.09. The molecule has 0 aliphatic rings. The number of nitrogen functional groups attached to an aromatic ring is 2. The summed E-state index contributed by atoms with van der Waals surface area (Å²) >= 11 is 0. The molecular formula is C12H18N2O2. The van der Waals surface area contributed by atoms with Crippen LogP contribution in [0.25, 0.3) is 0 Å². The second kappa shape index (κ2) is 4.04. The summed E-state index contributed by atoms with van der Waals surface area (Å²) in [5.74, 6) is -0.387. The van der Waals surface area contributed by atoms with Crippen molar-refractivity contribution in [2.45, 2.75) is 33.3 Å². The zero-order valence-corrected chi connectivity index (χ0v) is 10.1. The second-order valence-corrected chi connectivity index (χ2v) is 4.80. The third kappa shape index (κ3) is 2.89. The lowest BCUT2D eigenvalue weighted by Gasteiger charge is -2.20. The maximum absolute atomic E-state index is 11.8.